The van der Waals surface area contributed by atoms with Gasteiger partial charge in [0.15, 0.2) is 5.82 Å². The quantitative estimate of drug-likeness (QED) is 0.859. The highest BCUT2D eigenvalue weighted by atomic mass is 16.5. The van der Waals surface area contributed by atoms with Crippen LogP contribution in [0.15, 0.2) is 18.3 Å². The number of nitrogens with one attached hydrogen (secondary N) is 2. The van der Waals surface area contributed by atoms with Crippen molar-refractivity contribution in [3.05, 3.63) is 18.3 Å². The monoisotopic (exact) mass is 262 g/mol. The largest absolute Gasteiger partial charge is 0.378 e. The lowest BCUT2D eigenvalue weighted by Gasteiger charge is -2.29. The van der Waals surface area contributed by atoms with E-state index in [0.29, 0.717) is 19.3 Å². The first-order chi connectivity index (χ1) is 9.33. The Kier molecular flexibility index (Phi) is 3.50. The van der Waals surface area contributed by atoms with Gasteiger partial charge in [-0.3, -0.25) is 0 Å². The summed E-state index contributed by atoms with van der Waals surface area (Å²) in [4.78, 5) is 18.3. The smallest absolute Gasteiger partial charge is 0.319 e. The molecule has 6 heteroatoms. The molecule has 0 aromatic carbocycles. The fourth-order valence-electron chi connectivity index (χ4n) is 2.09. The van der Waals surface area contributed by atoms with Crippen LogP contribution in [0, 0.1) is 0 Å². The van der Waals surface area contributed by atoms with Gasteiger partial charge in [0.05, 0.1) is 18.9 Å². The van der Waals surface area contributed by atoms with Crippen molar-refractivity contribution in [2.75, 3.05) is 36.5 Å². The summed E-state index contributed by atoms with van der Waals surface area (Å²) in [5, 5.41) is 5.80. The van der Waals surface area contributed by atoms with Crippen molar-refractivity contribution in [1.82, 2.24) is 10.3 Å². The summed E-state index contributed by atoms with van der Waals surface area (Å²) in [7, 11) is 0. The molecule has 2 N–H and O–H groups in total. The van der Waals surface area contributed by atoms with Gasteiger partial charge in [-0.15, -0.1) is 0 Å². The van der Waals surface area contributed by atoms with Gasteiger partial charge in [-0.2, -0.15) is 0 Å². The second-order valence-corrected chi connectivity index (χ2v) is 4.85. The van der Waals surface area contributed by atoms with Gasteiger partial charge in [-0.05, 0) is 25.0 Å². The molecule has 1 aliphatic carbocycles. The van der Waals surface area contributed by atoms with Crippen LogP contribution in [0.3, 0.4) is 0 Å². The van der Waals surface area contributed by atoms with Crippen LogP contribution in [-0.4, -0.2) is 43.4 Å². The summed E-state index contributed by atoms with van der Waals surface area (Å²) in [5.74, 6) is 0.816. The van der Waals surface area contributed by atoms with E-state index in [1.165, 1.54) is 0 Å². The Balaban J connectivity index is 1.70. The molecule has 1 aliphatic heterocycles. The maximum absolute atomic E-state index is 11.8. The molecule has 2 amide bonds. The molecule has 0 atom stereocenters. The zero-order valence-corrected chi connectivity index (χ0v) is 10.8. The lowest BCUT2D eigenvalue weighted by atomic mass is 10.3. The normalized spacial score (nSPS) is 19.1. The number of hydrogen-bond donors (Lipinski definition) is 2. The molecule has 2 aliphatic rings. The van der Waals surface area contributed by atoms with E-state index in [9.17, 15) is 4.79 Å². The fraction of sp³-hybridized carbons (Fsp3) is 0.538. The van der Waals surface area contributed by atoms with E-state index in [1.54, 1.807) is 6.20 Å². The molecule has 1 saturated heterocycles. The Morgan fingerprint density at radius 2 is 2.16 bits per heavy atom. The molecule has 2 heterocycles. The van der Waals surface area contributed by atoms with Gasteiger partial charge < -0.3 is 20.3 Å². The van der Waals surface area contributed by atoms with Crippen LogP contribution >= 0.6 is 0 Å². The molecule has 1 aromatic rings. The van der Waals surface area contributed by atoms with E-state index in [0.717, 1.165) is 37.4 Å². The number of urea groups is 1. The Bertz CT molecular complexity index is 456. The molecule has 102 valence electrons. The van der Waals surface area contributed by atoms with E-state index in [4.69, 9.17) is 4.74 Å². The summed E-state index contributed by atoms with van der Waals surface area (Å²) in [6.07, 6.45) is 3.91. The summed E-state index contributed by atoms with van der Waals surface area (Å²) < 4.78 is 5.33. The zero-order chi connectivity index (χ0) is 13.1. The number of morpholine rings is 1. The van der Waals surface area contributed by atoms with Crippen LogP contribution in [0.4, 0.5) is 16.3 Å². The molecule has 0 radical (unpaired) electrons. The molecule has 0 bridgehead atoms. The number of nitrogens with zero attached hydrogens (tertiary/aromatic N) is 2. The van der Waals surface area contributed by atoms with Gasteiger partial charge in [-0.1, -0.05) is 0 Å². The van der Waals surface area contributed by atoms with E-state index in [-0.39, 0.29) is 6.03 Å². The molecule has 19 heavy (non-hydrogen) atoms. The van der Waals surface area contributed by atoms with Crippen molar-refractivity contribution < 1.29 is 9.53 Å². The maximum atomic E-state index is 11.8. The lowest BCUT2D eigenvalue weighted by molar-refractivity contribution is 0.122. The average Bonchev–Trinajstić information content (AvgIpc) is 3.24. The predicted molar refractivity (Wildman–Crippen MR) is 72.4 cm³/mol. The first-order valence-corrected chi connectivity index (χ1v) is 6.68. The van der Waals surface area contributed by atoms with E-state index >= 15 is 0 Å². The Morgan fingerprint density at radius 1 is 1.37 bits per heavy atom. The highest BCUT2D eigenvalue weighted by molar-refractivity contribution is 5.92. The van der Waals surface area contributed by atoms with E-state index in [1.807, 2.05) is 12.1 Å². The third kappa shape index (κ3) is 3.14. The second kappa shape index (κ2) is 5.44. The number of carbonyl (C=O) groups excluding carboxylic acids is 1. The third-order valence-electron chi connectivity index (χ3n) is 3.26. The third-order valence-corrected chi connectivity index (χ3v) is 3.26. The van der Waals surface area contributed by atoms with Crippen molar-refractivity contribution in [1.29, 1.82) is 0 Å². The number of ether oxygens (including phenoxy) is 1. The van der Waals surface area contributed by atoms with Crippen LogP contribution < -0.4 is 15.5 Å². The first-order valence-electron chi connectivity index (χ1n) is 6.68. The van der Waals surface area contributed by atoms with E-state index < -0.39 is 0 Å². The number of rotatable bonds is 3. The molecule has 2 fully saturated rings. The lowest BCUT2D eigenvalue weighted by Crippen LogP contribution is -2.38. The minimum Gasteiger partial charge on any atom is -0.378 e. The molecule has 3 rings (SSSR count). The summed E-state index contributed by atoms with van der Waals surface area (Å²) in [5.41, 5.74) is 0.752. The van der Waals surface area contributed by atoms with Crippen LogP contribution in [0.25, 0.3) is 0 Å². The highest BCUT2D eigenvalue weighted by Gasteiger charge is 2.24. The molecule has 1 aromatic heterocycles. The van der Waals surface area contributed by atoms with Gasteiger partial charge >= 0.3 is 6.03 Å². The molecular weight excluding hydrogens is 244 g/mol. The van der Waals surface area contributed by atoms with Gasteiger partial charge in [0, 0.05) is 25.3 Å². The van der Waals surface area contributed by atoms with Gasteiger partial charge in [0.1, 0.15) is 0 Å². The summed E-state index contributed by atoms with van der Waals surface area (Å²) in [6.45, 7) is 3.00. The van der Waals surface area contributed by atoms with E-state index in [2.05, 4.69) is 20.5 Å². The minimum atomic E-state index is -0.148. The molecule has 6 nitrogen and oxygen atoms in total. The standard InChI is InChI=1S/C13H18N4O2/c18-13(15-10-3-4-10)16-11-2-1-5-14-12(11)17-6-8-19-9-7-17/h1-2,5,10H,3-4,6-9H2,(H2,15,16,18). The zero-order valence-electron chi connectivity index (χ0n) is 10.8. The van der Waals surface area contributed by atoms with Crippen molar-refractivity contribution in [2.45, 2.75) is 18.9 Å². The van der Waals surface area contributed by atoms with Crippen LogP contribution in [-0.2, 0) is 4.74 Å². The van der Waals surface area contributed by atoms with Crippen molar-refractivity contribution >= 4 is 17.5 Å². The highest BCUT2D eigenvalue weighted by Crippen LogP contribution is 2.24. The number of hydrogen-bond acceptors (Lipinski definition) is 4. The summed E-state index contributed by atoms with van der Waals surface area (Å²) >= 11 is 0. The number of pyridine rings is 1. The average molecular weight is 262 g/mol. The number of amides is 2. The Morgan fingerprint density at radius 3 is 2.89 bits per heavy atom. The fourth-order valence-corrected chi connectivity index (χ4v) is 2.09. The van der Waals surface area contributed by atoms with Crippen molar-refractivity contribution in [2.24, 2.45) is 0 Å². The SMILES string of the molecule is O=C(Nc1cccnc1N1CCOCC1)NC1CC1. The Hall–Kier alpha value is -1.82. The number of aromatic nitrogens is 1. The van der Waals surface area contributed by atoms with Gasteiger partial charge in [0.2, 0.25) is 0 Å². The van der Waals surface area contributed by atoms with Crippen LogP contribution in [0.2, 0.25) is 0 Å². The molecule has 0 spiro atoms. The van der Waals surface area contributed by atoms with Crippen LogP contribution in [0.1, 0.15) is 12.8 Å². The topological polar surface area (TPSA) is 66.5 Å². The summed E-state index contributed by atoms with van der Waals surface area (Å²) in [6, 6.07) is 3.91. The number of anilines is 2. The van der Waals surface area contributed by atoms with Gasteiger partial charge in [-0.25, -0.2) is 9.78 Å². The maximum Gasteiger partial charge on any atom is 0.319 e. The number of carbonyl (C=O) groups is 1. The molecule has 0 unspecified atom stereocenters. The van der Waals surface area contributed by atoms with Crippen molar-refractivity contribution in [3.8, 4) is 0 Å². The minimum absolute atomic E-state index is 0.148. The van der Waals surface area contributed by atoms with Crippen molar-refractivity contribution in [3.63, 3.8) is 0 Å². The van der Waals surface area contributed by atoms with Crippen LogP contribution in [0.5, 0.6) is 0 Å². The Labute approximate surface area is 112 Å². The molecule has 1 saturated carbocycles. The van der Waals surface area contributed by atoms with Gasteiger partial charge in [0.25, 0.3) is 0 Å². The second-order valence-electron chi connectivity index (χ2n) is 4.85. The predicted octanol–water partition coefficient (Wildman–Crippen LogP) is 1.20. The first kappa shape index (κ1) is 12.2. The molecular formula is C13H18N4O2.